The maximum atomic E-state index is 6.29. The lowest BCUT2D eigenvalue weighted by atomic mass is 9.76. The highest BCUT2D eigenvalue weighted by atomic mass is 14.5. The molecule has 4 nitrogen and oxygen atoms in total. The van der Waals surface area contributed by atoms with Crippen LogP contribution >= 0.6 is 0 Å². The van der Waals surface area contributed by atoms with Gasteiger partial charge in [-0.1, -0.05) is 97.1 Å². The van der Waals surface area contributed by atoms with Crippen LogP contribution in [-0.2, 0) is 0 Å². The van der Waals surface area contributed by atoms with Crippen LogP contribution < -0.4 is 22.9 Å². The van der Waals surface area contributed by atoms with E-state index in [1.54, 1.807) is 0 Å². The van der Waals surface area contributed by atoms with Crippen molar-refractivity contribution in [2.75, 3.05) is 22.9 Å². The lowest BCUT2D eigenvalue weighted by Crippen LogP contribution is -1.99. The van der Waals surface area contributed by atoms with Gasteiger partial charge in [0.15, 0.2) is 0 Å². The summed E-state index contributed by atoms with van der Waals surface area (Å²) >= 11 is 0. The average Bonchev–Trinajstić information content (AvgIpc) is 3.11. The van der Waals surface area contributed by atoms with Gasteiger partial charge in [-0.25, -0.2) is 0 Å². The first-order valence-corrected chi connectivity index (χ1v) is 16.1. The summed E-state index contributed by atoms with van der Waals surface area (Å²) in [5.74, 6) is 0. The molecule has 9 aromatic carbocycles. The highest BCUT2D eigenvalue weighted by Crippen LogP contribution is 2.55. The molecule has 4 heteroatoms. The molecule has 8 N–H and O–H groups in total. The van der Waals surface area contributed by atoms with Crippen molar-refractivity contribution in [2.45, 2.75) is 0 Å². The molecule has 228 valence electrons. The maximum Gasteiger partial charge on any atom is 0.0314 e. The molecule has 0 amide bonds. The number of nitrogens with two attached hydrogens (primary N) is 4. The van der Waals surface area contributed by atoms with Gasteiger partial charge in [0.2, 0.25) is 0 Å². The van der Waals surface area contributed by atoms with Gasteiger partial charge >= 0.3 is 0 Å². The van der Waals surface area contributed by atoms with E-state index < -0.39 is 0 Å². The molecule has 0 bridgehead atoms. The smallest absolute Gasteiger partial charge is 0.0314 e. The zero-order valence-electron chi connectivity index (χ0n) is 26.2. The number of benzene rings is 9. The molecule has 0 aliphatic carbocycles. The quantitative estimate of drug-likeness (QED) is 0.0897. The van der Waals surface area contributed by atoms with Crippen molar-refractivity contribution >= 4 is 65.8 Å². The largest absolute Gasteiger partial charge is 0.399 e. The lowest BCUT2D eigenvalue weighted by molar-refractivity contribution is 1.59. The average molecular weight is 617 g/mol. The Bertz CT molecular complexity index is 2650. The van der Waals surface area contributed by atoms with E-state index in [0.29, 0.717) is 11.4 Å². The Kier molecular flexibility index (Phi) is 6.08. The van der Waals surface area contributed by atoms with E-state index in [0.717, 1.165) is 55.9 Å². The molecular weight excluding hydrogens is 585 g/mol. The molecule has 0 spiro atoms. The third-order valence-corrected chi connectivity index (χ3v) is 9.74. The van der Waals surface area contributed by atoms with Crippen LogP contribution in [-0.4, -0.2) is 0 Å². The number of hydrogen-bond donors (Lipinski definition) is 4. The van der Waals surface area contributed by atoms with Crippen molar-refractivity contribution in [1.82, 2.24) is 0 Å². The highest BCUT2D eigenvalue weighted by Gasteiger charge is 2.27. The van der Waals surface area contributed by atoms with Gasteiger partial charge in [-0.3, -0.25) is 0 Å². The minimum absolute atomic E-state index is 0.715. The maximum absolute atomic E-state index is 6.29. The fourth-order valence-electron chi connectivity index (χ4n) is 7.61. The van der Waals surface area contributed by atoms with Gasteiger partial charge < -0.3 is 22.9 Å². The second kappa shape index (κ2) is 10.5. The molecule has 0 saturated heterocycles. The standard InChI is InChI=1S/C44H32N4/c45-30-15-7-25(8-16-30)34-23-24-36-35-5-1-3-26-4-2-6-37(38(26)35)44-41(29-13-21-33(48)22-14-29)39(27-9-17-31(46)18-10-27)40(42(34)43(36)44)28-11-19-32(47)20-12-28/h1-24H,45-48H2. The van der Waals surface area contributed by atoms with Crippen molar-refractivity contribution in [3.05, 3.63) is 146 Å². The number of anilines is 4. The van der Waals surface area contributed by atoms with Crippen LogP contribution in [0.3, 0.4) is 0 Å². The molecule has 0 heterocycles. The summed E-state index contributed by atoms with van der Waals surface area (Å²) in [4.78, 5) is 0. The summed E-state index contributed by atoms with van der Waals surface area (Å²) in [5, 5.41) is 9.72. The van der Waals surface area contributed by atoms with Crippen LogP contribution in [0, 0.1) is 0 Å². The summed E-state index contributed by atoms with van der Waals surface area (Å²) < 4.78 is 0. The molecule has 0 aliphatic heterocycles. The number of nitrogen functional groups attached to an aromatic ring is 4. The fraction of sp³-hybridized carbons (Fsp3) is 0. The summed E-state index contributed by atoms with van der Waals surface area (Å²) in [6.07, 6.45) is 0. The molecule has 0 atom stereocenters. The molecule has 9 aromatic rings. The predicted molar refractivity (Wildman–Crippen MR) is 207 cm³/mol. The summed E-state index contributed by atoms with van der Waals surface area (Å²) in [5.41, 5.74) is 36.8. The first-order chi connectivity index (χ1) is 23.5. The molecule has 0 radical (unpaired) electrons. The Balaban J connectivity index is 1.64. The SMILES string of the molecule is Nc1ccc(-c2c(-c3ccc(N)cc3)c3c(-c4ccc(N)cc4)ccc4c5cccc6cccc(c(c2-c2ccc(N)cc2)c34)c65)cc1. The molecular formula is C44H32N4. The van der Waals surface area contributed by atoms with E-state index >= 15 is 0 Å². The number of rotatable bonds is 4. The Morgan fingerprint density at radius 1 is 0.271 bits per heavy atom. The first-order valence-electron chi connectivity index (χ1n) is 16.1. The van der Waals surface area contributed by atoms with Crippen LogP contribution in [0.1, 0.15) is 0 Å². The van der Waals surface area contributed by atoms with Gasteiger partial charge in [-0.05, 0) is 136 Å². The Morgan fingerprint density at radius 3 is 1.21 bits per heavy atom. The van der Waals surface area contributed by atoms with Gasteiger partial charge in [0.1, 0.15) is 0 Å². The van der Waals surface area contributed by atoms with E-state index in [-0.39, 0.29) is 0 Å². The van der Waals surface area contributed by atoms with Crippen molar-refractivity contribution in [3.8, 4) is 44.5 Å². The Hall–Kier alpha value is -6.52. The van der Waals surface area contributed by atoms with E-state index in [1.807, 2.05) is 48.5 Å². The van der Waals surface area contributed by atoms with Crippen molar-refractivity contribution < 1.29 is 0 Å². The second-order valence-electron chi connectivity index (χ2n) is 12.6. The molecule has 0 unspecified atom stereocenters. The van der Waals surface area contributed by atoms with Gasteiger partial charge in [-0.2, -0.15) is 0 Å². The van der Waals surface area contributed by atoms with Gasteiger partial charge in [0, 0.05) is 22.7 Å². The van der Waals surface area contributed by atoms with Crippen LogP contribution in [0.25, 0.3) is 87.6 Å². The van der Waals surface area contributed by atoms with Crippen LogP contribution in [0.2, 0.25) is 0 Å². The molecule has 9 rings (SSSR count). The third kappa shape index (κ3) is 4.16. The summed E-state index contributed by atoms with van der Waals surface area (Å²) in [7, 11) is 0. The Labute approximate surface area is 278 Å². The third-order valence-electron chi connectivity index (χ3n) is 9.74. The summed E-state index contributed by atoms with van der Waals surface area (Å²) in [6, 6.07) is 50.8. The van der Waals surface area contributed by atoms with Crippen LogP contribution in [0.15, 0.2) is 146 Å². The fourth-order valence-corrected chi connectivity index (χ4v) is 7.61. The van der Waals surface area contributed by atoms with E-state index in [2.05, 4.69) is 97.1 Å². The normalized spacial score (nSPS) is 11.7. The van der Waals surface area contributed by atoms with Crippen molar-refractivity contribution in [3.63, 3.8) is 0 Å². The van der Waals surface area contributed by atoms with E-state index in [1.165, 1.54) is 43.1 Å². The zero-order valence-corrected chi connectivity index (χ0v) is 26.2. The van der Waals surface area contributed by atoms with E-state index in [4.69, 9.17) is 22.9 Å². The topological polar surface area (TPSA) is 104 Å². The van der Waals surface area contributed by atoms with E-state index in [9.17, 15) is 0 Å². The zero-order chi connectivity index (χ0) is 32.5. The monoisotopic (exact) mass is 616 g/mol. The molecule has 0 aromatic heterocycles. The second-order valence-corrected chi connectivity index (χ2v) is 12.6. The molecule has 48 heavy (non-hydrogen) atoms. The van der Waals surface area contributed by atoms with Gasteiger partial charge in [0.25, 0.3) is 0 Å². The lowest BCUT2D eigenvalue weighted by Gasteiger charge is -2.26. The Morgan fingerprint density at radius 2 is 0.688 bits per heavy atom. The van der Waals surface area contributed by atoms with Crippen LogP contribution in [0.4, 0.5) is 22.7 Å². The highest BCUT2D eigenvalue weighted by molar-refractivity contribution is 6.40. The minimum Gasteiger partial charge on any atom is -0.399 e. The summed E-state index contributed by atoms with van der Waals surface area (Å²) in [6.45, 7) is 0. The molecule has 0 saturated carbocycles. The van der Waals surface area contributed by atoms with Crippen molar-refractivity contribution in [2.24, 2.45) is 0 Å². The van der Waals surface area contributed by atoms with Crippen LogP contribution in [0.5, 0.6) is 0 Å². The van der Waals surface area contributed by atoms with Crippen molar-refractivity contribution in [1.29, 1.82) is 0 Å². The molecule has 0 fully saturated rings. The number of hydrogen-bond acceptors (Lipinski definition) is 4. The molecule has 0 aliphatic rings. The number of fused-ring (bicyclic) bond motifs is 2. The van der Waals surface area contributed by atoms with Gasteiger partial charge in [-0.15, -0.1) is 0 Å². The minimum atomic E-state index is 0.715. The van der Waals surface area contributed by atoms with Gasteiger partial charge in [0.05, 0.1) is 0 Å². The predicted octanol–water partition coefficient (Wildman–Crippen LogP) is 10.7. The first kappa shape index (κ1) is 27.8.